The van der Waals surface area contributed by atoms with Crippen molar-refractivity contribution >= 4 is 16.0 Å². The Labute approximate surface area is 70.8 Å². The topological polar surface area (TPSA) is 83.5 Å². The summed E-state index contributed by atoms with van der Waals surface area (Å²) in [7, 11) is -3.52. The van der Waals surface area contributed by atoms with Crippen molar-refractivity contribution < 1.29 is 18.3 Å². The molecule has 0 aliphatic heterocycles. The predicted octanol–water partition coefficient (Wildman–Crippen LogP) is -0.988. The van der Waals surface area contributed by atoms with E-state index in [0.29, 0.717) is 0 Å². The molecular weight excluding hydrogens is 182 g/mol. The number of carbonyl (C=O) groups is 1. The maximum absolute atomic E-state index is 10.6. The van der Waals surface area contributed by atoms with E-state index in [1.165, 1.54) is 0 Å². The molecule has 12 heavy (non-hydrogen) atoms. The van der Waals surface area contributed by atoms with Crippen LogP contribution in [0, 0.1) is 12.3 Å². The average molecular weight is 191 g/mol. The molecule has 5 nitrogen and oxygen atoms in total. The molecular formula is C6H9NO4S. The van der Waals surface area contributed by atoms with Gasteiger partial charge in [0.05, 0.1) is 6.26 Å². The second-order valence-electron chi connectivity index (χ2n) is 2.19. The third-order valence-corrected chi connectivity index (χ3v) is 1.69. The fourth-order valence-electron chi connectivity index (χ4n) is 0.556. The van der Waals surface area contributed by atoms with Crippen LogP contribution in [0.5, 0.6) is 0 Å². The van der Waals surface area contributed by atoms with Gasteiger partial charge in [-0.3, -0.25) is 4.79 Å². The molecule has 68 valence electrons. The van der Waals surface area contributed by atoms with Crippen LogP contribution >= 0.6 is 0 Å². The SMILES string of the molecule is C#CCC(NS(C)(=O)=O)C(=O)O. The molecule has 6 heteroatoms. The summed E-state index contributed by atoms with van der Waals surface area (Å²) >= 11 is 0. The fourth-order valence-corrected chi connectivity index (χ4v) is 1.26. The van der Waals surface area contributed by atoms with Gasteiger partial charge in [-0.05, 0) is 0 Å². The fraction of sp³-hybridized carbons (Fsp3) is 0.500. The maximum Gasteiger partial charge on any atom is 0.322 e. The normalized spacial score (nSPS) is 13.3. The molecule has 0 aliphatic carbocycles. The first-order valence-corrected chi connectivity index (χ1v) is 4.89. The first-order valence-electron chi connectivity index (χ1n) is 3.00. The van der Waals surface area contributed by atoms with E-state index in [-0.39, 0.29) is 6.42 Å². The van der Waals surface area contributed by atoms with E-state index in [1.807, 2.05) is 4.72 Å². The Kier molecular flexibility index (Phi) is 3.73. The standard InChI is InChI=1S/C6H9NO4S/c1-3-4-5(6(8)9)7-12(2,10)11/h1,5,7H,4H2,2H3,(H,8,9). The molecule has 0 aromatic rings. The monoisotopic (exact) mass is 191 g/mol. The van der Waals surface area contributed by atoms with Gasteiger partial charge in [0.25, 0.3) is 0 Å². The van der Waals surface area contributed by atoms with E-state index in [0.717, 1.165) is 6.26 Å². The van der Waals surface area contributed by atoms with E-state index in [1.54, 1.807) is 0 Å². The van der Waals surface area contributed by atoms with Gasteiger partial charge in [-0.1, -0.05) is 0 Å². The minimum atomic E-state index is -3.52. The van der Waals surface area contributed by atoms with Crippen molar-refractivity contribution in [3.63, 3.8) is 0 Å². The molecule has 0 aliphatic rings. The lowest BCUT2D eigenvalue weighted by atomic mass is 10.2. The Morgan fingerprint density at radius 2 is 2.25 bits per heavy atom. The Hall–Kier alpha value is -1.06. The minimum Gasteiger partial charge on any atom is -0.480 e. The van der Waals surface area contributed by atoms with Crippen molar-refractivity contribution in [2.45, 2.75) is 12.5 Å². The zero-order chi connectivity index (χ0) is 9.78. The summed E-state index contributed by atoms with van der Waals surface area (Å²) in [4.78, 5) is 10.3. The van der Waals surface area contributed by atoms with Gasteiger partial charge in [-0.15, -0.1) is 12.3 Å². The minimum absolute atomic E-state index is 0.164. The summed E-state index contributed by atoms with van der Waals surface area (Å²) in [6, 6.07) is -1.23. The molecule has 0 heterocycles. The summed E-state index contributed by atoms with van der Waals surface area (Å²) in [5.74, 6) is 0.785. The van der Waals surface area contributed by atoms with E-state index in [2.05, 4.69) is 5.92 Å². The second-order valence-corrected chi connectivity index (χ2v) is 3.97. The predicted molar refractivity (Wildman–Crippen MR) is 42.9 cm³/mol. The lowest BCUT2D eigenvalue weighted by molar-refractivity contribution is -0.138. The van der Waals surface area contributed by atoms with Crippen LogP contribution in [0.1, 0.15) is 6.42 Å². The largest absolute Gasteiger partial charge is 0.480 e. The number of nitrogens with one attached hydrogen (secondary N) is 1. The highest BCUT2D eigenvalue weighted by Crippen LogP contribution is 1.92. The molecule has 0 saturated carbocycles. The highest BCUT2D eigenvalue weighted by atomic mass is 32.2. The highest BCUT2D eigenvalue weighted by molar-refractivity contribution is 7.88. The molecule has 2 N–H and O–H groups in total. The maximum atomic E-state index is 10.6. The molecule has 0 aromatic heterocycles. The molecule has 0 bridgehead atoms. The Bertz CT molecular complexity index is 300. The number of sulfonamides is 1. The molecule has 0 amide bonds. The van der Waals surface area contributed by atoms with Crippen LogP contribution < -0.4 is 4.72 Å². The Balaban J connectivity index is 4.37. The number of hydrogen-bond acceptors (Lipinski definition) is 3. The molecule has 1 atom stereocenters. The number of terminal acetylenes is 1. The zero-order valence-electron chi connectivity index (χ0n) is 6.44. The van der Waals surface area contributed by atoms with Gasteiger partial charge in [0, 0.05) is 6.42 Å². The van der Waals surface area contributed by atoms with Crippen molar-refractivity contribution in [3.8, 4) is 12.3 Å². The number of rotatable bonds is 4. The van der Waals surface area contributed by atoms with Gasteiger partial charge in [0.15, 0.2) is 0 Å². The van der Waals surface area contributed by atoms with Crippen molar-refractivity contribution in [3.05, 3.63) is 0 Å². The van der Waals surface area contributed by atoms with Crippen LogP contribution in [0.2, 0.25) is 0 Å². The van der Waals surface area contributed by atoms with E-state index < -0.39 is 22.0 Å². The first-order chi connectivity index (χ1) is 5.37. The smallest absolute Gasteiger partial charge is 0.322 e. The van der Waals surface area contributed by atoms with Gasteiger partial charge in [0.2, 0.25) is 10.0 Å². The zero-order valence-corrected chi connectivity index (χ0v) is 7.26. The lowest BCUT2D eigenvalue weighted by Crippen LogP contribution is -2.39. The molecule has 0 saturated heterocycles. The molecule has 1 unspecified atom stereocenters. The van der Waals surface area contributed by atoms with Gasteiger partial charge >= 0.3 is 5.97 Å². The van der Waals surface area contributed by atoms with Crippen LogP contribution in [-0.4, -0.2) is 31.8 Å². The number of carboxylic acid groups (broad SMARTS) is 1. The average Bonchev–Trinajstić information content (AvgIpc) is 1.83. The highest BCUT2D eigenvalue weighted by Gasteiger charge is 2.19. The Morgan fingerprint density at radius 1 is 1.75 bits per heavy atom. The molecule has 0 spiro atoms. The van der Waals surface area contributed by atoms with E-state index in [9.17, 15) is 13.2 Å². The van der Waals surface area contributed by atoms with E-state index >= 15 is 0 Å². The second kappa shape index (κ2) is 4.09. The van der Waals surface area contributed by atoms with Crippen LogP contribution in [0.15, 0.2) is 0 Å². The quantitative estimate of drug-likeness (QED) is 0.559. The molecule has 0 radical (unpaired) electrons. The van der Waals surface area contributed by atoms with Crippen molar-refractivity contribution in [1.82, 2.24) is 4.72 Å². The molecule has 0 fully saturated rings. The van der Waals surface area contributed by atoms with Crippen LogP contribution in [0.3, 0.4) is 0 Å². The summed E-state index contributed by atoms with van der Waals surface area (Å²) in [6.45, 7) is 0. The van der Waals surface area contributed by atoms with Gasteiger partial charge < -0.3 is 5.11 Å². The molecule has 0 rings (SSSR count). The van der Waals surface area contributed by atoms with Crippen LogP contribution in [0.4, 0.5) is 0 Å². The number of aliphatic carboxylic acids is 1. The van der Waals surface area contributed by atoms with Crippen molar-refractivity contribution in [2.75, 3.05) is 6.26 Å². The van der Waals surface area contributed by atoms with Crippen molar-refractivity contribution in [2.24, 2.45) is 0 Å². The van der Waals surface area contributed by atoms with Gasteiger partial charge in [0.1, 0.15) is 6.04 Å². The third kappa shape index (κ3) is 4.71. The van der Waals surface area contributed by atoms with Crippen LogP contribution in [-0.2, 0) is 14.8 Å². The van der Waals surface area contributed by atoms with Crippen LogP contribution in [0.25, 0.3) is 0 Å². The van der Waals surface area contributed by atoms with Gasteiger partial charge in [-0.25, -0.2) is 13.1 Å². The summed E-state index contributed by atoms with van der Waals surface area (Å²) in [5, 5.41) is 8.45. The first kappa shape index (κ1) is 10.9. The number of carboxylic acids is 1. The van der Waals surface area contributed by atoms with E-state index in [4.69, 9.17) is 11.5 Å². The van der Waals surface area contributed by atoms with Crippen molar-refractivity contribution in [1.29, 1.82) is 0 Å². The third-order valence-electron chi connectivity index (χ3n) is 0.976. The summed E-state index contributed by atoms with van der Waals surface area (Å²) in [6.07, 6.45) is 5.55. The number of hydrogen-bond donors (Lipinski definition) is 2. The summed E-state index contributed by atoms with van der Waals surface area (Å²) < 4.78 is 23.0. The Morgan fingerprint density at radius 3 is 2.50 bits per heavy atom. The lowest BCUT2D eigenvalue weighted by Gasteiger charge is -2.08. The van der Waals surface area contributed by atoms with Gasteiger partial charge in [-0.2, -0.15) is 0 Å². The molecule has 0 aromatic carbocycles. The summed E-state index contributed by atoms with van der Waals surface area (Å²) in [5.41, 5.74) is 0.